The molecule has 0 heterocycles. The predicted octanol–water partition coefficient (Wildman–Crippen LogP) is 8.44. The highest BCUT2D eigenvalue weighted by Crippen LogP contribution is 2.62. The zero-order valence-electron chi connectivity index (χ0n) is 23.1. The van der Waals surface area contributed by atoms with E-state index in [0.717, 1.165) is 38.9 Å². The van der Waals surface area contributed by atoms with Gasteiger partial charge >= 0.3 is 0 Å². The molecule has 2 unspecified atom stereocenters. The van der Waals surface area contributed by atoms with E-state index in [1.54, 1.807) is 22.3 Å². The number of benzene rings is 2. The van der Waals surface area contributed by atoms with Crippen LogP contribution in [-0.4, -0.2) is 27.4 Å². The highest BCUT2D eigenvalue weighted by molar-refractivity contribution is 5.81. The largest absolute Gasteiger partial charge is 0.385 e. The molecule has 0 radical (unpaired) electrons. The minimum atomic E-state index is 0.145. The third-order valence-corrected chi connectivity index (χ3v) is 10.2. The summed E-state index contributed by atoms with van der Waals surface area (Å²) in [5.74, 6) is 1.10. The summed E-state index contributed by atoms with van der Waals surface area (Å²) in [5.41, 5.74) is 9.53. The van der Waals surface area contributed by atoms with Crippen molar-refractivity contribution in [3.63, 3.8) is 0 Å². The average Bonchev–Trinajstić information content (AvgIpc) is 3.41. The molecule has 0 aromatic heterocycles. The number of fused-ring (bicyclic) bond motifs is 6. The third kappa shape index (κ3) is 4.08. The molecule has 38 heavy (non-hydrogen) atoms. The molecule has 0 bridgehead atoms. The molecule has 0 saturated heterocycles. The first-order chi connectivity index (χ1) is 18.7. The Balaban J connectivity index is 1.43. The van der Waals surface area contributed by atoms with Crippen LogP contribution in [0.25, 0.3) is 11.1 Å². The van der Waals surface area contributed by atoms with Crippen LogP contribution in [0.1, 0.15) is 73.6 Å². The number of ether oxygens (including phenoxy) is 2. The molecule has 0 fully saturated rings. The number of rotatable bonds is 11. The molecule has 2 aromatic carbocycles. The quantitative estimate of drug-likeness (QED) is 0.285. The van der Waals surface area contributed by atoms with Gasteiger partial charge in [-0.15, -0.1) is 0 Å². The Labute approximate surface area is 229 Å². The molecule has 0 amide bonds. The van der Waals surface area contributed by atoms with E-state index in [-0.39, 0.29) is 10.8 Å². The van der Waals surface area contributed by atoms with Crippen LogP contribution in [0.5, 0.6) is 0 Å². The molecule has 0 saturated carbocycles. The number of hydrogen-bond acceptors (Lipinski definition) is 2. The fraction of sp³-hybridized carbons (Fsp3) is 0.444. The molecule has 4 aliphatic carbocycles. The zero-order valence-corrected chi connectivity index (χ0v) is 23.1. The van der Waals surface area contributed by atoms with Gasteiger partial charge in [0.2, 0.25) is 0 Å². The maximum Gasteiger partial charge on any atom is 0.0462 e. The molecule has 2 heteroatoms. The fourth-order valence-electron chi connectivity index (χ4n) is 8.57. The van der Waals surface area contributed by atoms with Gasteiger partial charge < -0.3 is 9.47 Å². The average molecular weight is 507 g/mol. The van der Waals surface area contributed by atoms with Gasteiger partial charge in [0.05, 0.1) is 0 Å². The van der Waals surface area contributed by atoms with Gasteiger partial charge in [-0.25, -0.2) is 0 Å². The zero-order chi connectivity index (χ0) is 26.0. The lowest BCUT2D eigenvalue weighted by atomic mass is 9.60. The van der Waals surface area contributed by atoms with Gasteiger partial charge in [0.25, 0.3) is 0 Å². The molecule has 2 nitrogen and oxygen atoms in total. The van der Waals surface area contributed by atoms with Crippen molar-refractivity contribution in [2.75, 3.05) is 27.4 Å². The van der Waals surface area contributed by atoms with E-state index in [9.17, 15) is 0 Å². The van der Waals surface area contributed by atoms with Crippen LogP contribution in [-0.2, 0) is 20.3 Å². The van der Waals surface area contributed by atoms with Crippen LogP contribution < -0.4 is 0 Å². The maximum absolute atomic E-state index is 5.59. The van der Waals surface area contributed by atoms with Gasteiger partial charge in [-0.1, -0.05) is 85.0 Å². The van der Waals surface area contributed by atoms with Gasteiger partial charge in [0.1, 0.15) is 0 Å². The molecule has 0 aliphatic heterocycles. The Kier molecular flexibility index (Phi) is 7.29. The van der Waals surface area contributed by atoms with Gasteiger partial charge in [-0.05, 0) is 96.6 Å². The molecular formula is C36H42O2. The van der Waals surface area contributed by atoms with Crippen LogP contribution in [0.3, 0.4) is 0 Å². The minimum Gasteiger partial charge on any atom is -0.385 e. The molecule has 0 spiro atoms. The SMILES string of the molecule is COCCCC1(CCC2(CCCOC)c3ccccc3C3=CC=CC[C@H]32)c2ccccc2C2=CC=CC[C@H]21. The monoisotopic (exact) mass is 506 g/mol. The van der Waals surface area contributed by atoms with Crippen molar-refractivity contribution in [2.24, 2.45) is 11.8 Å². The Morgan fingerprint density at radius 2 is 1.08 bits per heavy atom. The van der Waals surface area contributed by atoms with E-state index in [4.69, 9.17) is 9.47 Å². The minimum absolute atomic E-state index is 0.145. The number of allylic oxidation sites excluding steroid dienone is 8. The van der Waals surface area contributed by atoms with E-state index >= 15 is 0 Å². The molecule has 0 N–H and O–H groups in total. The van der Waals surface area contributed by atoms with E-state index in [2.05, 4.69) is 85.0 Å². The lowest BCUT2D eigenvalue weighted by Crippen LogP contribution is -2.38. The van der Waals surface area contributed by atoms with Crippen LogP contribution in [0.4, 0.5) is 0 Å². The lowest BCUT2D eigenvalue weighted by Gasteiger charge is -2.44. The predicted molar refractivity (Wildman–Crippen MR) is 158 cm³/mol. The molecular weight excluding hydrogens is 464 g/mol. The second-order valence-electron chi connectivity index (χ2n) is 11.8. The van der Waals surface area contributed by atoms with Crippen molar-refractivity contribution in [1.82, 2.24) is 0 Å². The Morgan fingerprint density at radius 1 is 0.632 bits per heavy atom. The van der Waals surface area contributed by atoms with E-state index in [0.29, 0.717) is 11.8 Å². The van der Waals surface area contributed by atoms with Crippen LogP contribution in [0.2, 0.25) is 0 Å². The van der Waals surface area contributed by atoms with Gasteiger partial charge in [-0.3, -0.25) is 0 Å². The van der Waals surface area contributed by atoms with Gasteiger partial charge in [0, 0.05) is 38.3 Å². The highest BCUT2D eigenvalue weighted by Gasteiger charge is 2.53. The van der Waals surface area contributed by atoms with E-state index < -0.39 is 0 Å². The Morgan fingerprint density at radius 3 is 1.53 bits per heavy atom. The normalized spacial score (nSPS) is 28.4. The molecule has 4 atom stereocenters. The summed E-state index contributed by atoms with van der Waals surface area (Å²) >= 11 is 0. The van der Waals surface area contributed by atoms with Crippen molar-refractivity contribution in [2.45, 2.75) is 62.2 Å². The Hall–Kier alpha value is -2.68. The van der Waals surface area contributed by atoms with Crippen LogP contribution >= 0.6 is 0 Å². The molecule has 4 aliphatic rings. The van der Waals surface area contributed by atoms with E-state index in [1.807, 2.05) is 14.2 Å². The summed E-state index contributed by atoms with van der Waals surface area (Å²) in [5, 5.41) is 0. The summed E-state index contributed by atoms with van der Waals surface area (Å²) in [7, 11) is 3.68. The topological polar surface area (TPSA) is 18.5 Å². The van der Waals surface area contributed by atoms with Crippen LogP contribution in [0.15, 0.2) is 85.0 Å². The standard InChI is InChI=1S/C36H42O2/c1-37-25-11-21-35(31-17-7-3-13-27(31)28-14-4-8-18-32(28)35)23-24-36(22-12-26-38-2)33-19-9-5-15-29(33)30-16-6-10-20-34(30)36/h3-10,13-17,19,32,34H,11-12,18,20-26H2,1-2H3/t32-,34-,35?,36?/m1/s1. The lowest BCUT2D eigenvalue weighted by molar-refractivity contribution is 0.153. The molecule has 6 rings (SSSR count). The van der Waals surface area contributed by atoms with Crippen molar-refractivity contribution in [3.05, 3.63) is 107 Å². The molecule has 2 aromatic rings. The summed E-state index contributed by atoms with van der Waals surface area (Å²) in [6, 6.07) is 18.6. The highest BCUT2D eigenvalue weighted by atomic mass is 16.5. The van der Waals surface area contributed by atoms with Gasteiger partial charge in [0.15, 0.2) is 0 Å². The number of hydrogen-bond donors (Lipinski definition) is 0. The van der Waals surface area contributed by atoms with Crippen molar-refractivity contribution >= 4 is 11.1 Å². The van der Waals surface area contributed by atoms with Crippen molar-refractivity contribution in [1.29, 1.82) is 0 Å². The third-order valence-electron chi connectivity index (χ3n) is 10.2. The van der Waals surface area contributed by atoms with Crippen molar-refractivity contribution < 1.29 is 9.47 Å². The summed E-state index contributed by atoms with van der Waals surface area (Å²) in [6.45, 7) is 1.65. The van der Waals surface area contributed by atoms with Crippen molar-refractivity contribution in [3.8, 4) is 0 Å². The smallest absolute Gasteiger partial charge is 0.0462 e. The van der Waals surface area contributed by atoms with Gasteiger partial charge in [-0.2, -0.15) is 0 Å². The summed E-state index contributed by atoms with van der Waals surface area (Å²) < 4.78 is 11.2. The summed E-state index contributed by atoms with van der Waals surface area (Å²) in [4.78, 5) is 0. The second-order valence-corrected chi connectivity index (χ2v) is 11.8. The second kappa shape index (κ2) is 10.8. The molecule has 198 valence electrons. The van der Waals surface area contributed by atoms with E-state index in [1.165, 1.54) is 36.8 Å². The number of methoxy groups -OCH3 is 2. The first-order valence-electron chi connectivity index (χ1n) is 14.7. The maximum atomic E-state index is 5.59. The fourth-order valence-corrected chi connectivity index (χ4v) is 8.57. The van der Waals surface area contributed by atoms with Crippen LogP contribution in [0, 0.1) is 11.8 Å². The first-order valence-corrected chi connectivity index (χ1v) is 14.7. The summed E-state index contributed by atoms with van der Waals surface area (Å²) in [6.07, 6.45) is 23.4. The Bertz CT molecular complexity index is 1180. The first kappa shape index (κ1) is 25.6.